The van der Waals surface area contributed by atoms with Crippen molar-refractivity contribution in [2.75, 3.05) is 20.1 Å². The number of hydrogen-bond acceptors (Lipinski definition) is 3. The molecule has 0 saturated heterocycles. The van der Waals surface area contributed by atoms with Gasteiger partial charge in [-0.3, -0.25) is 9.59 Å². The molecule has 82 valence electrons. The number of carbonyl (C=O) groups is 2. The Bertz CT molecular complexity index is 192. The molecule has 0 spiro atoms. The molecule has 0 radical (unpaired) electrons. The van der Waals surface area contributed by atoms with Gasteiger partial charge in [0.15, 0.2) is 0 Å². The molecule has 0 aliphatic heterocycles. The van der Waals surface area contributed by atoms with Crippen molar-refractivity contribution < 1.29 is 9.59 Å². The molecule has 0 unspecified atom stereocenters. The second-order valence-electron chi connectivity index (χ2n) is 3.31. The van der Waals surface area contributed by atoms with E-state index in [1.807, 2.05) is 13.8 Å². The Hall–Kier alpha value is -1.10. The van der Waals surface area contributed by atoms with E-state index in [1.165, 1.54) is 7.05 Å². The van der Waals surface area contributed by atoms with Crippen molar-refractivity contribution >= 4 is 11.8 Å². The zero-order valence-electron chi connectivity index (χ0n) is 9.02. The zero-order chi connectivity index (χ0) is 11.0. The lowest BCUT2D eigenvalue weighted by molar-refractivity contribution is -0.125. The van der Waals surface area contributed by atoms with E-state index in [0.717, 1.165) is 0 Å². The summed E-state index contributed by atoms with van der Waals surface area (Å²) in [6, 6.07) is 0.377. The third-order valence-corrected chi connectivity index (χ3v) is 1.63. The second kappa shape index (κ2) is 7.32. The van der Waals surface area contributed by atoms with Crippen LogP contribution < -0.4 is 16.0 Å². The predicted octanol–water partition coefficient (Wildman–Crippen LogP) is -0.763. The third kappa shape index (κ3) is 7.54. The number of likely N-dealkylation sites (N-methyl/N-ethyl adjacent to an activating group) is 1. The summed E-state index contributed by atoms with van der Waals surface area (Å²) in [7, 11) is 1.54. The van der Waals surface area contributed by atoms with Crippen molar-refractivity contribution in [2.45, 2.75) is 26.3 Å². The second-order valence-corrected chi connectivity index (χ2v) is 3.31. The molecule has 0 fully saturated rings. The van der Waals surface area contributed by atoms with Crippen LogP contribution in [0.2, 0.25) is 0 Å². The fourth-order valence-electron chi connectivity index (χ4n) is 0.830. The molecule has 5 nitrogen and oxygen atoms in total. The molecule has 0 heterocycles. The quantitative estimate of drug-likeness (QED) is 0.529. The SMILES string of the molecule is CNC(=O)CNC(=O)CCNC(C)C. The Balaban J connectivity index is 3.42. The highest BCUT2D eigenvalue weighted by Crippen LogP contribution is 1.80. The average Bonchev–Trinajstić information content (AvgIpc) is 2.13. The molecular formula is C9H19N3O2. The van der Waals surface area contributed by atoms with Crippen LogP contribution in [0.25, 0.3) is 0 Å². The van der Waals surface area contributed by atoms with E-state index >= 15 is 0 Å². The van der Waals surface area contributed by atoms with Crippen molar-refractivity contribution in [3.05, 3.63) is 0 Å². The largest absolute Gasteiger partial charge is 0.358 e. The summed E-state index contributed by atoms with van der Waals surface area (Å²) in [5, 5.41) is 8.06. The van der Waals surface area contributed by atoms with Crippen LogP contribution in [-0.2, 0) is 9.59 Å². The van der Waals surface area contributed by atoms with E-state index in [0.29, 0.717) is 19.0 Å². The molecule has 0 aromatic carbocycles. The monoisotopic (exact) mass is 201 g/mol. The van der Waals surface area contributed by atoms with E-state index in [1.54, 1.807) is 0 Å². The lowest BCUT2D eigenvalue weighted by Gasteiger charge is -2.07. The first-order chi connectivity index (χ1) is 6.56. The third-order valence-electron chi connectivity index (χ3n) is 1.63. The van der Waals surface area contributed by atoms with Crippen LogP contribution in [0.3, 0.4) is 0 Å². The molecule has 5 heteroatoms. The maximum absolute atomic E-state index is 11.1. The van der Waals surface area contributed by atoms with Crippen LogP contribution in [0, 0.1) is 0 Å². The van der Waals surface area contributed by atoms with Crippen LogP contribution in [0.4, 0.5) is 0 Å². The molecule has 0 saturated carbocycles. The van der Waals surface area contributed by atoms with Gasteiger partial charge in [-0.15, -0.1) is 0 Å². The van der Waals surface area contributed by atoms with Crippen LogP contribution >= 0.6 is 0 Å². The Kier molecular flexibility index (Phi) is 6.74. The van der Waals surface area contributed by atoms with Crippen molar-refractivity contribution in [3.63, 3.8) is 0 Å². The lowest BCUT2D eigenvalue weighted by atomic mass is 10.3. The van der Waals surface area contributed by atoms with E-state index in [2.05, 4.69) is 16.0 Å². The fraction of sp³-hybridized carbons (Fsp3) is 0.778. The van der Waals surface area contributed by atoms with Crippen molar-refractivity contribution in [3.8, 4) is 0 Å². The molecule has 14 heavy (non-hydrogen) atoms. The number of amides is 2. The van der Waals surface area contributed by atoms with Gasteiger partial charge in [0.25, 0.3) is 0 Å². The van der Waals surface area contributed by atoms with E-state index in [9.17, 15) is 9.59 Å². The predicted molar refractivity (Wildman–Crippen MR) is 54.8 cm³/mol. The lowest BCUT2D eigenvalue weighted by Crippen LogP contribution is -2.36. The first-order valence-corrected chi connectivity index (χ1v) is 4.77. The summed E-state index contributed by atoms with van der Waals surface area (Å²) in [6.45, 7) is 4.72. The van der Waals surface area contributed by atoms with Gasteiger partial charge < -0.3 is 16.0 Å². The van der Waals surface area contributed by atoms with Crippen molar-refractivity contribution in [2.24, 2.45) is 0 Å². The molecular weight excluding hydrogens is 182 g/mol. The van der Waals surface area contributed by atoms with Gasteiger partial charge in [-0.05, 0) is 0 Å². The number of carbonyl (C=O) groups excluding carboxylic acids is 2. The van der Waals surface area contributed by atoms with Crippen LogP contribution in [0.1, 0.15) is 20.3 Å². The van der Waals surface area contributed by atoms with Crippen LogP contribution in [0.15, 0.2) is 0 Å². The topological polar surface area (TPSA) is 70.2 Å². The Morgan fingerprint density at radius 3 is 2.36 bits per heavy atom. The molecule has 0 aliphatic carbocycles. The van der Waals surface area contributed by atoms with Crippen molar-refractivity contribution in [1.29, 1.82) is 0 Å². The standard InChI is InChI=1S/C9H19N3O2/c1-7(2)11-5-4-8(13)12-6-9(14)10-3/h7,11H,4-6H2,1-3H3,(H,10,14)(H,12,13). The normalized spacial score (nSPS) is 10.0. The van der Waals surface area contributed by atoms with Gasteiger partial charge in [0.2, 0.25) is 11.8 Å². The maximum atomic E-state index is 11.1. The summed E-state index contributed by atoms with van der Waals surface area (Å²) >= 11 is 0. The van der Waals surface area contributed by atoms with Gasteiger partial charge >= 0.3 is 0 Å². The van der Waals surface area contributed by atoms with E-state index in [-0.39, 0.29) is 18.4 Å². The van der Waals surface area contributed by atoms with Gasteiger partial charge in [-0.2, -0.15) is 0 Å². The molecule has 0 atom stereocenters. The summed E-state index contributed by atoms with van der Waals surface area (Å²) < 4.78 is 0. The molecule has 0 bridgehead atoms. The minimum absolute atomic E-state index is 0.0526. The molecule has 0 aliphatic rings. The van der Waals surface area contributed by atoms with E-state index < -0.39 is 0 Å². The first kappa shape index (κ1) is 12.9. The van der Waals surface area contributed by atoms with Gasteiger partial charge in [0.05, 0.1) is 6.54 Å². The summed E-state index contributed by atoms with van der Waals surface area (Å²) in [4.78, 5) is 21.9. The highest BCUT2D eigenvalue weighted by Gasteiger charge is 2.03. The molecule has 0 aromatic heterocycles. The summed E-state index contributed by atoms with van der Waals surface area (Å²) in [6.07, 6.45) is 0.398. The minimum Gasteiger partial charge on any atom is -0.358 e. The summed E-state index contributed by atoms with van der Waals surface area (Å²) in [5.74, 6) is -0.295. The Morgan fingerprint density at radius 2 is 1.86 bits per heavy atom. The minimum atomic E-state index is -0.185. The maximum Gasteiger partial charge on any atom is 0.239 e. The van der Waals surface area contributed by atoms with Gasteiger partial charge in [-0.1, -0.05) is 13.8 Å². The van der Waals surface area contributed by atoms with E-state index in [4.69, 9.17) is 0 Å². The Labute approximate surface area is 84.6 Å². The van der Waals surface area contributed by atoms with Crippen LogP contribution in [0.5, 0.6) is 0 Å². The van der Waals surface area contributed by atoms with Gasteiger partial charge in [-0.25, -0.2) is 0 Å². The first-order valence-electron chi connectivity index (χ1n) is 4.77. The Morgan fingerprint density at radius 1 is 1.21 bits per heavy atom. The molecule has 2 amide bonds. The zero-order valence-corrected chi connectivity index (χ0v) is 9.02. The molecule has 0 rings (SSSR count). The molecule has 0 aromatic rings. The summed E-state index contributed by atoms with van der Waals surface area (Å²) in [5.41, 5.74) is 0. The van der Waals surface area contributed by atoms with Crippen LogP contribution in [-0.4, -0.2) is 38.0 Å². The fourth-order valence-corrected chi connectivity index (χ4v) is 0.830. The highest BCUT2D eigenvalue weighted by atomic mass is 16.2. The van der Waals surface area contributed by atoms with Gasteiger partial charge in [0.1, 0.15) is 0 Å². The number of hydrogen-bond donors (Lipinski definition) is 3. The number of nitrogens with one attached hydrogen (secondary N) is 3. The van der Waals surface area contributed by atoms with Crippen molar-refractivity contribution in [1.82, 2.24) is 16.0 Å². The van der Waals surface area contributed by atoms with Gasteiger partial charge in [0, 0.05) is 26.1 Å². The smallest absolute Gasteiger partial charge is 0.239 e. The number of rotatable bonds is 6. The molecule has 3 N–H and O–H groups in total. The highest BCUT2D eigenvalue weighted by molar-refractivity contribution is 5.84. The average molecular weight is 201 g/mol.